The molecule has 1 aromatic heterocycles. The van der Waals surface area contributed by atoms with Crippen LogP contribution in [-0.2, 0) is 10.0 Å². The van der Waals surface area contributed by atoms with E-state index in [1.165, 1.54) is 0 Å². The Bertz CT molecular complexity index is 761. The van der Waals surface area contributed by atoms with Crippen molar-refractivity contribution in [3.8, 4) is 0 Å². The Kier molecular flexibility index (Phi) is 4.16. The zero-order chi connectivity index (χ0) is 15.7. The minimum Gasteiger partial charge on any atom is -0.328 e. The smallest absolute Gasteiger partial charge is 0.245 e. The first-order valence-corrected chi connectivity index (χ1v) is 9.03. The van der Waals surface area contributed by atoms with Crippen LogP contribution in [0, 0.1) is 5.92 Å². The second-order valence-corrected chi connectivity index (χ2v) is 7.84. The van der Waals surface area contributed by atoms with Gasteiger partial charge in [0.25, 0.3) is 0 Å². The quantitative estimate of drug-likeness (QED) is 0.938. The molecule has 1 fully saturated rings. The van der Waals surface area contributed by atoms with Gasteiger partial charge in [0.1, 0.15) is 4.90 Å². The average molecular weight is 319 g/mol. The van der Waals surface area contributed by atoms with Crippen LogP contribution in [0.3, 0.4) is 0 Å². The Morgan fingerprint density at radius 1 is 1.23 bits per heavy atom. The van der Waals surface area contributed by atoms with Gasteiger partial charge >= 0.3 is 0 Å². The van der Waals surface area contributed by atoms with Crippen molar-refractivity contribution in [3.05, 3.63) is 36.5 Å². The maximum Gasteiger partial charge on any atom is 0.245 e. The highest BCUT2D eigenvalue weighted by Gasteiger charge is 2.31. The normalized spacial score (nSPS) is 19.4. The molecule has 118 valence electrons. The molecule has 2 aromatic rings. The van der Waals surface area contributed by atoms with Gasteiger partial charge in [0.2, 0.25) is 10.0 Å². The van der Waals surface area contributed by atoms with Crippen molar-refractivity contribution < 1.29 is 8.42 Å². The van der Waals surface area contributed by atoms with E-state index in [0.717, 1.165) is 18.2 Å². The van der Waals surface area contributed by atoms with Crippen LogP contribution in [0.15, 0.2) is 41.4 Å². The molecule has 1 atom stereocenters. The fraction of sp³-hybridized carbons (Fsp3) is 0.438. The van der Waals surface area contributed by atoms with E-state index in [1.54, 1.807) is 22.6 Å². The molecule has 2 heterocycles. The van der Waals surface area contributed by atoms with Gasteiger partial charge in [0, 0.05) is 30.7 Å². The van der Waals surface area contributed by atoms with E-state index in [2.05, 4.69) is 4.98 Å². The van der Waals surface area contributed by atoms with E-state index in [9.17, 15) is 8.42 Å². The van der Waals surface area contributed by atoms with Crippen LogP contribution in [0.1, 0.15) is 19.8 Å². The SMILES string of the molecule is CC(N)C1CCN(S(=O)(=O)c2cccc3cccnc23)CC1. The van der Waals surface area contributed by atoms with Crippen LogP contribution in [0.4, 0.5) is 0 Å². The monoisotopic (exact) mass is 319 g/mol. The predicted octanol–water partition coefficient (Wildman–Crippen LogP) is 1.98. The number of nitrogens with two attached hydrogens (primary N) is 1. The number of hydrogen-bond acceptors (Lipinski definition) is 4. The van der Waals surface area contributed by atoms with Crippen molar-refractivity contribution in [2.24, 2.45) is 11.7 Å². The number of pyridine rings is 1. The number of fused-ring (bicyclic) bond motifs is 1. The van der Waals surface area contributed by atoms with Crippen LogP contribution in [0.2, 0.25) is 0 Å². The molecule has 0 aliphatic carbocycles. The van der Waals surface area contributed by atoms with Crippen LogP contribution in [-0.4, -0.2) is 36.8 Å². The maximum atomic E-state index is 12.9. The minimum absolute atomic E-state index is 0.115. The third-order valence-corrected chi connectivity index (χ3v) is 6.39. The van der Waals surface area contributed by atoms with Gasteiger partial charge in [-0.3, -0.25) is 4.98 Å². The summed E-state index contributed by atoms with van der Waals surface area (Å²) in [4.78, 5) is 4.56. The zero-order valence-electron chi connectivity index (χ0n) is 12.6. The number of para-hydroxylation sites is 1. The molecule has 2 N–H and O–H groups in total. The van der Waals surface area contributed by atoms with Gasteiger partial charge in [0.15, 0.2) is 0 Å². The van der Waals surface area contributed by atoms with E-state index in [4.69, 9.17) is 5.73 Å². The molecule has 1 aliphatic heterocycles. The van der Waals surface area contributed by atoms with Gasteiger partial charge < -0.3 is 5.73 Å². The first kappa shape index (κ1) is 15.4. The lowest BCUT2D eigenvalue weighted by molar-refractivity contribution is 0.251. The number of nitrogens with zero attached hydrogens (tertiary/aromatic N) is 2. The summed E-state index contributed by atoms with van der Waals surface area (Å²) >= 11 is 0. The third kappa shape index (κ3) is 2.74. The van der Waals surface area contributed by atoms with Crippen molar-refractivity contribution in [2.45, 2.75) is 30.7 Å². The highest BCUT2D eigenvalue weighted by Crippen LogP contribution is 2.28. The van der Waals surface area contributed by atoms with Crippen molar-refractivity contribution in [1.29, 1.82) is 0 Å². The number of piperidine rings is 1. The highest BCUT2D eigenvalue weighted by molar-refractivity contribution is 7.89. The van der Waals surface area contributed by atoms with E-state index in [0.29, 0.717) is 29.4 Å². The average Bonchev–Trinajstić information content (AvgIpc) is 2.54. The molecule has 0 spiro atoms. The molecule has 5 nitrogen and oxygen atoms in total. The van der Waals surface area contributed by atoms with Gasteiger partial charge in [-0.25, -0.2) is 8.42 Å². The summed E-state index contributed by atoms with van der Waals surface area (Å²) in [6.45, 7) is 3.04. The summed E-state index contributed by atoms with van der Waals surface area (Å²) in [7, 11) is -3.51. The fourth-order valence-corrected chi connectivity index (χ4v) is 4.70. The first-order valence-electron chi connectivity index (χ1n) is 7.59. The maximum absolute atomic E-state index is 12.9. The Morgan fingerprint density at radius 3 is 2.59 bits per heavy atom. The summed E-state index contributed by atoms with van der Waals surface area (Å²) in [6.07, 6.45) is 3.26. The van der Waals surface area contributed by atoms with Crippen LogP contribution in [0.5, 0.6) is 0 Å². The van der Waals surface area contributed by atoms with Gasteiger partial charge in [-0.2, -0.15) is 4.31 Å². The van der Waals surface area contributed by atoms with Crippen molar-refractivity contribution in [2.75, 3.05) is 13.1 Å². The largest absolute Gasteiger partial charge is 0.328 e. The lowest BCUT2D eigenvalue weighted by Crippen LogP contribution is -2.42. The van der Waals surface area contributed by atoms with Crippen molar-refractivity contribution in [1.82, 2.24) is 9.29 Å². The number of hydrogen-bond donors (Lipinski definition) is 1. The molecule has 0 saturated carbocycles. The Balaban J connectivity index is 1.93. The fourth-order valence-electron chi connectivity index (χ4n) is 3.07. The summed E-state index contributed by atoms with van der Waals surface area (Å²) in [5, 5.41) is 0.842. The molecule has 22 heavy (non-hydrogen) atoms. The molecule has 1 unspecified atom stereocenters. The molecular weight excluding hydrogens is 298 g/mol. The van der Waals surface area contributed by atoms with E-state index in [1.807, 2.05) is 25.1 Å². The molecule has 6 heteroatoms. The molecule has 1 aliphatic rings. The second-order valence-electron chi connectivity index (χ2n) is 5.93. The van der Waals surface area contributed by atoms with E-state index in [-0.39, 0.29) is 6.04 Å². The number of aromatic nitrogens is 1. The minimum atomic E-state index is -3.51. The lowest BCUT2D eigenvalue weighted by atomic mass is 9.92. The Morgan fingerprint density at radius 2 is 1.91 bits per heavy atom. The summed E-state index contributed by atoms with van der Waals surface area (Å²) in [5.41, 5.74) is 6.47. The van der Waals surface area contributed by atoms with Gasteiger partial charge in [-0.05, 0) is 37.8 Å². The van der Waals surface area contributed by atoms with Gasteiger partial charge in [-0.1, -0.05) is 18.2 Å². The summed E-state index contributed by atoms with van der Waals surface area (Å²) in [6, 6.07) is 9.10. The topological polar surface area (TPSA) is 76.3 Å². The molecule has 0 amide bonds. The highest BCUT2D eigenvalue weighted by atomic mass is 32.2. The van der Waals surface area contributed by atoms with Gasteiger partial charge in [0.05, 0.1) is 5.52 Å². The molecular formula is C16H21N3O2S. The molecule has 0 radical (unpaired) electrons. The summed E-state index contributed by atoms with van der Waals surface area (Å²) in [5.74, 6) is 0.400. The third-order valence-electron chi connectivity index (χ3n) is 4.46. The Labute approximate surface area is 131 Å². The van der Waals surface area contributed by atoms with Crippen LogP contribution in [0.25, 0.3) is 10.9 Å². The molecule has 1 saturated heterocycles. The van der Waals surface area contributed by atoms with Crippen LogP contribution < -0.4 is 5.73 Å². The summed E-state index contributed by atoms with van der Waals surface area (Å²) < 4.78 is 27.4. The van der Waals surface area contributed by atoms with E-state index >= 15 is 0 Å². The molecule has 3 rings (SSSR count). The van der Waals surface area contributed by atoms with Gasteiger partial charge in [-0.15, -0.1) is 0 Å². The second kappa shape index (κ2) is 5.95. The number of benzene rings is 1. The Hall–Kier alpha value is -1.50. The zero-order valence-corrected chi connectivity index (χ0v) is 13.5. The molecule has 0 bridgehead atoms. The van der Waals surface area contributed by atoms with Crippen molar-refractivity contribution >= 4 is 20.9 Å². The van der Waals surface area contributed by atoms with E-state index < -0.39 is 10.0 Å². The standard InChI is InChI=1S/C16H21N3O2S/c1-12(17)13-7-10-19(11-8-13)22(20,21)15-6-2-4-14-5-3-9-18-16(14)15/h2-6,9,12-13H,7-8,10-11,17H2,1H3. The van der Waals surface area contributed by atoms with Crippen molar-refractivity contribution in [3.63, 3.8) is 0 Å². The lowest BCUT2D eigenvalue weighted by Gasteiger charge is -2.33. The first-order chi connectivity index (χ1) is 10.5. The van der Waals surface area contributed by atoms with Crippen LogP contribution >= 0.6 is 0 Å². The predicted molar refractivity (Wildman–Crippen MR) is 86.9 cm³/mol. The number of rotatable bonds is 3. The number of sulfonamides is 1. The molecule has 1 aromatic carbocycles.